The van der Waals surface area contributed by atoms with Crippen LogP contribution in [0.1, 0.15) is 45.4 Å². The lowest BCUT2D eigenvalue weighted by Gasteiger charge is -2.12. The van der Waals surface area contributed by atoms with Gasteiger partial charge in [-0.1, -0.05) is 42.1 Å². The Kier molecular flexibility index (Phi) is 6.00. The lowest BCUT2D eigenvalue weighted by atomic mass is 10.1. The van der Waals surface area contributed by atoms with Crippen LogP contribution < -0.4 is 0 Å². The van der Waals surface area contributed by atoms with Crippen molar-refractivity contribution in [3.63, 3.8) is 0 Å². The second-order valence-electron chi connectivity index (χ2n) is 3.66. The largest absolute Gasteiger partial charge is 0.498 e. The van der Waals surface area contributed by atoms with Crippen molar-refractivity contribution in [3.8, 4) is 0 Å². The van der Waals surface area contributed by atoms with Crippen molar-refractivity contribution in [1.29, 1.82) is 0 Å². The summed E-state index contributed by atoms with van der Waals surface area (Å²) < 4.78 is 6.95. The normalized spacial score (nSPS) is 16.1. The Balaban J connectivity index is 2.07. The number of ether oxygens (including phenoxy) is 1. The molecule has 14 heavy (non-hydrogen) atoms. The maximum Gasteiger partial charge on any atom is 0.0963 e. The van der Waals surface area contributed by atoms with Gasteiger partial charge < -0.3 is 4.74 Å². The van der Waals surface area contributed by atoms with Crippen LogP contribution in [0.15, 0.2) is 22.4 Å². The zero-order valence-corrected chi connectivity index (χ0v) is 10.5. The molecule has 0 unspecified atom stereocenters. The van der Waals surface area contributed by atoms with E-state index in [1.165, 1.54) is 30.2 Å². The van der Waals surface area contributed by atoms with Gasteiger partial charge in [-0.25, -0.2) is 0 Å². The van der Waals surface area contributed by atoms with E-state index in [9.17, 15) is 0 Å². The number of hydrogen-bond acceptors (Lipinski definition) is 1. The summed E-state index contributed by atoms with van der Waals surface area (Å²) in [6.07, 6.45) is 11.4. The number of hydrogen-bond donors (Lipinski definition) is 0. The van der Waals surface area contributed by atoms with Crippen LogP contribution in [0.25, 0.3) is 0 Å². The van der Waals surface area contributed by atoms with Gasteiger partial charge in [-0.15, -0.1) is 0 Å². The molecule has 0 spiro atoms. The van der Waals surface area contributed by atoms with Crippen molar-refractivity contribution >= 4 is 15.9 Å². The van der Waals surface area contributed by atoms with Gasteiger partial charge in [-0.3, -0.25) is 0 Å². The van der Waals surface area contributed by atoms with E-state index in [1.807, 2.05) is 0 Å². The van der Waals surface area contributed by atoms with E-state index in [4.69, 9.17) is 4.74 Å². The van der Waals surface area contributed by atoms with Crippen molar-refractivity contribution in [3.05, 3.63) is 22.4 Å². The predicted octanol–water partition coefficient (Wildman–Crippen LogP) is 4.54. The van der Waals surface area contributed by atoms with Gasteiger partial charge in [0.2, 0.25) is 0 Å². The Labute approximate surface area is 95.3 Å². The minimum absolute atomic E-state index is 0.886. The molecule has 1 aliphatic carbocycles. The van der Waals surface area contributed by atoms with Crippen molar-refractivity contribution in [2.75, 3.05) is 6.61 Å². The summed E-state index contributed by atoms with van der Waals surface area (Å²) in [5.74, 6) is 1.14. The molecule has 0 saturated carbocycles. The number of allylic oxidation sites excluding steroid dienone is 4. The molecule has 0 bridgehead atoms. The molecule has 0 radical (unpaired) electrons. The van der Waals surface area contributed by atoms with Crippen molar-refractivity contribution < 1.29 is 4.74 Å². The van der Waals surface area contributed by atoms with Crippen LogP contribution in [0, 0.1) is 0 Å². The topological polar surface area (TPSA) is 9.23 Å². The Hall–Kier alpha value is -0.240. The second kappa shape index (κ2) is 7.10. The van der Waals surface area contributed by atoms with Crippen LogP contribution >= 0.6 is 15.9 Å². The Morgan fingerprint density at radius 1 is 1.21 bits per heavy atom. The molecule has 0 N–H and O–H groups in total. The standard InChI is InChI=1S/C12H19BrO/c1-2-3-4-5-10-14-12-8-6-11(13)7-9-12/h6,8H,2-5,7,9-10H2,1H3. The number of unbranched alkanes of at least 4 members (excludes halogenated alkanes) is 3. The fourth-order valence-corrected chi connectivity index (χ4v) is 1.78. The van der Waals surface area contributed by atoms with Gasteiger partial charge in [0.05, 0.1) is 12.4 Å². The van der Waals surface area contributed by atoms with Crippen LogP contribution in [-0.2, 0) is 4.74 Å². The van der Waals surface area contributed by atoms with Crippen molar-refractivity contribution in [2.45, 2.75) is 45.4 Å². The first kappa shape index (κ1) is 11.8. The van der Waals surface area contributed by atoms with Gasteiger partial charge in [0.25, 0.3) is 0 Å². The van der Waals surface area contributed by atoms with Gasteiger partial charge >= 0.3 is 0 Å². The molecule has 0 amide bonds. The molecule has 1 nitrogen and oxygen atoms in total. The second-order valence-corrected chi connectivity index (χ2v) is 4.67. The van der Waals surface area contributed by atoms with Crippen LogP contribution in [0.5, 0.6) is 0 Å². The molecule has 1 rings (SSSR count). The summed E-state index contributed by atoms with van der Waals surface area (Å²) in [5.41, 5.74) is 0. The molecule has 1 aliphatic rings. The zero-order chi connectivity index (χ0) is 10.2. The summed E-state index contributed by atoms with van der Waals surface area (Å²) in [6.45, 7) is 3.12. The predicted molar refractivity (Wildman–Crippen MR) is 64.4 cm³/mol. The van der Waals surface area contributed by atoms with Gasteiger partial charge in [-0.05, 0) is 29.5 Å². The van der Waals surface area contributed by atoms with Gasteiger partial charge in [0.15, 0.2) is 0 Å². The van der Waals surface area contributed by atoms with Crippen LogP contribution in [0.3, 0.4) is 0 Å². The van der Waals surface area contributed by atoms with Crippen molar-refractivity contribution in [1.82, 2.24) is 0 Å². The third-order valence-corrected chi connectivity index (χ3v) is 3.01. The van der Waals surface area contributed by atoms with E-state index in [-0.39, 0.29) is 0 Å². The van der Waals surface area contributed by atoms with Crippen LogP contribution in [0.2, 0.25) is 0 Å². The fraction of sp³-hybridized carbons (Fsp3) is 0.667. The Morgan fingerprint density at radius 2 is 2.07 bits per heavy atom. The van der Waals surface area contributed by atoms with E-state index in [2.05, 4.69) is 35.0 Å². The van der Waals surface area contributed by atoms with Gasteiger partial charge in [-0.2, -0.15) is 0 Å². The summed E-state index contributed by atoms with van der Waals surface area (Å²) >= 11 is 3.48. The quantitative estimate of drug-likeness (QED) is 0.636. The van der Waals surface area contributed by atoms with E-state index < -0.39 is 0 Å². The minimum atomic E-state index is 0.886. The summed E-state index contributed by atoms with van der Waals surface area (Å²) in [5, 5.41) is 0. The van der Waals surface area contributed by atoms with E-state index in [0.717, 1.165) is 25.2 Å². The Bertz CT molecular complexity index is 218. The third kappa shape index (κ3) is 4.85. The number of halogens is 1. The van der Waals surface area contributed by atoms with Gasteiger partial charge in [0, 0.05) is 6.42 Å². The molecule has 0 aliphatic heterocycles. The molecule has 0 heterocycles. The summed E-state index contributed by atoms with van der Waals surface area (Å²) in [4.78, 5) is 0. The molecule has 0 atom stereocenters. The summed E-state index contributed by atoms with van der Waals surface area (Å²) in [7, 11) is 0. The highest BCUT2D eigenvalue weighted by molar-refractivity contribution is 9.11. The molecule has 0 aromatic rings. The summed E-state index contributed by atoms with van der Waals surface area (Å²) in [6, 6.07) is 0. The highest BCUT2D eigenvalue weighted by Crippen LogP contribution is 2.23. The van der Waals surface area contributed by atoms with E-state index in [0.29, 0.717) is 0 Å². The van der Waals surface area contributed by atoms with E-state index in [1.54, 1.807) is 0 Å². The smallest absolute Gasteiger partial charge is 0.0963 e. The SMILES string of the molecule is CCCCCCOC1=CC=C(Br)CC1. The molecule has 2 heteroatoms. The average molecular weight is 259 g/mol. The zero-order valence-electron chi connectivity index (χ0n) is 8.89. The first-order chi connectivity index (χ1) is 6.83. The highest BCUT2D eigenvalue weighted by atomic mass is 79.9. The van der Waals surface area contributed by atoms with Crippen molar-refractivity contribution in [2.24, 2.45) is 0 Å². The monoisotopic (exact) mass is 258 g/mol. The molecule has 0 aromatic carbocycles. The third-order valence-electron chi connectivity index (χ3n) is 2.35. The lowest BCUT2D eigenvalue weighted by Crippen LogP contribution is -1.98. The lowest BCUT2D eigenvalue weighted by molar-refractivity contribution is 0.195. The molecular formula is C12H19BrO. The maximum atomic E-state index is 5.67. The van der Waals surface area contributed by atoms with Gasteiger partial charge in [0.1, 0.15) is 0 Å². The first-order valence-electron chi connectivity index (χ1n) is 5.51. The van der Waals surface area contributed by atoms with E-state index >= 15 is 0 Å². The highest BCUT2D eigenvalue weighted by Gasteiger charge is 2.04. The molecule has 80 valence electrons. The Morgan fingerprint density at radius 3 is 2.71 bits per heavy atom. The number of rotatable bonds is 6. The molecule has 0 saturated heterocycles. The van der Waals surface area contributed by atoms with Crippen LogP contribution in [-0.4, -0.2) is 6.61 Å². The molecule has 0 fully saturated rings. The minimum Gasteiger partial charge on any atom is -0.498 e. The molecule has 0 aromatic heterocycles. The maximum absolute atomic E-state index is 5.67. The average Bonchev–Trinajstić information content (AvgIpc) is 2.21. The first-order valence-corrected chi connectivity index (χ1v) is 6.30. The molecular weight excluding hydrogens is 240 g/mol. The fourth-order valence-electron chi connectivity index (χ4n) is 1.45. The van der Waals surface area contributed by atoms with Crippen LogP contribution in [0.4, 0.5) is 0 Å².